The smallest absolute Gasteiger partial charge is 0.254 e. The molecule has 0 aliphatic carbocycles. The summed E-state index contributed by atoms with van der Waals surface area (Å²) in [6.45, 7) is 1.91. The summed E-state index contributed by atoms with van der Waals surface area (Å²) in [5, 5.41) is 8.62. The van der Waals surface area contributed by atoms with Crippen molar-refractivity contribution in [3.63, 3.8) is 0 Å². The molecular formula is C20H18ClN5O2. The van der Waals surface area contributed by atoms with Crippen LogP contribution in [0, 0.1) is 6.92 Å². The highest BCUT2D eigenvalue weighted by Gasteiger charge is 2.13. The monoisotopic (exact) mass is 395 g/mol. The summed E-state index contributed by atoms with van der Waals surface area (Å²) in [6.07, 6.45) is 0. The van der Waals surface area contributed by atoms with Crippen molar-refractivity contribution in [1.82, 2.24) is 19.6 Å². The number of hydrogen-bond donors (Lipinski definition) is 1. The van der Waals surface area contributed by atoms with E-state index >= 15 is 0 Å². The Bertz CT molecular complexity index is 1140. The number of benzene rings is 2. The minimum Gasteiger partial charge on any atom is -0.497 e. The van der Waals surface area contributed by atoms with Gasteiger partial charge in [0, 0.05) is 28.4 Å². The average molecular weight is 396 g/mol. The van der Waals surface area contributed by atoms with Crippen molar-refractivity contribution in [2.24, 2.45) is 0 Å². The maximum absolute atomic E-state index is 5.98. The van der Waals surface area contributed by atoms with E-state index in [1.807, 2.05) is 55.5 Å². The Kier molecular flexibility index (Phi) is 4.75. The van der Waals surface area contributed by atoms with Crippen LogP contribution < -0.4 is 14.8 Å². The molecule has 0 bridgehead atoms. The highest BCUT2D eigenvalue weighted by atomic mass is 35.5. The number of aryl methyl sites for hydroxylation is 1. The lowest BCUT2D eigenvalue weighted by molar-refractivity contribution is 0.395. The van der Waals surface area contributed by atoms with E-state index in [1.54, 1.807) is 18.7 Å². The van der Waals surface area contributed by atoms with Gasteiger partial charge in [-0.15, -0.1) is 5.10 Å². The summed E-state index contributed by atoms with van der Waals surface area (Å²) >= 11 is 5.98. The molecule has 28 heavy (non-hydrogen) atoms. The number of rotatable bonds is 5. The second-order valence-corrected chi connectivity index (χ2v) is 6.56. The van der Waals surface area contributed by atoms with Crippen LogP contribution in [0.15, 0.2) is 48.5 Å². The van der Waals surface area contributed by atoms with Gasteiger partial charge < -0.3 is 14.8 Å². The van der Waals surface area contributed by atoms with Gasteiger partial charge in [0.25, 0.3) is 5.78 Å². The molecule has 7 nitrogen and oxygen atoms in total. The number of nitrogens with one attached hydrogen (secondary N) is 1. The summed E-state index contributed by atoms with van der Waals surface area (Å²) in [4.78, 5) is 9.04. The van der Waals surface area contributed by atoms with Gasteiger partial charge in [-0.05, 0) is 43.3 Å². The first-order valence-electron chi connectivity index (χ1n) is 8.57. The largest absolute Gasteiger partial charge is 0.497 e. The minimum absolute atomic E-state index is 0.500. The van der Waals surface area contributed by atoms with Crippen LogP contribution in [0.1, 0.15) is 5.69 Å². The molecule has 0 atom stereocenters. The first kappa shape index (κ1) is 18.1. The van der Waals surface area contributed by atoms with Crippen LogP contribution in [0.5, 0.6) is 11.5 Å². The third kappa shape index (κ3) is 3.44. The van der Waals surface area contributed by atoms with Crippen LogP contribution in [0.2, 0.25) is 5.02 Å². The molecule has 8 heteroatoms. The first-order valence-corrected chi connectivity index (χ1v) is 8.94. The van der Waals surface area contributed by atoms with Gasteiger partial charge in [-0.1, -0.05) is 11.6 Å². The molecule has 4 rings (SSSR count). The normalized spacial score (nSPS) is 10.9. The van der Waals surface area contributed by atoms with E-state index in [2.05, 4.69) is 20.4 Å². The standard InChI is InChI=1S/C20H18ClN5O2/c1-12-10-18(23-16-9-8-15(27-2)11-17(16)28-3)26-20(22-12)24-19(25-26)13-4-6-14(21)7-5-13/h4-11,23H,1-3H3. The van der Waals surface area contributed by atoms with Crippen molar-refractivity contribution in [3.05, 3.63) is 59.2 Å². The Labute approximate surface area is 166 Å². The predicted octanol–water partition coefficient (Wildman–Crippen LogP) is 4.51. The fraction of sp³-hybridized carbons (Fsp3) is 0.150. The van der Waals surface area contributed by atoms with E-state index in [1.165, 1.54) is 0 Å². The second-order valence-electron chi connectivity index (χ2n) is 6.13. The molecule has 0 radical (unpaired) electrons. The molecule has 0 saturated carbocycles. The maximum atomic E-state index is 5.98. The number of nitrogens with zero attached hydrogens (tertiary/aromatic N) is 4. The van der Waals surface area contributed by atoms with Gasteiger partial charge in [0.15, 0.2) is 5.82 Å². The lowest BCUT2D eigenvalue weighted by atomic mass is 10.2. The number of hydrogen-bond acceptors (Lipinski definition) is 6. The number of halogens is 1. The molecule has 1 N–H and O–H groups in total. The number of aromatic nitrogens is 4. The van der Waals surface area contributed by atoms with Gasteiger partial charge in [-0.25, -0.2) is 4.98 Å². The molecule has 4 aromatic rings. The summed E-state index contributed by atoms with van der Waals surface area (Å²) in [5.74, 6) is 3.15. The van der Waals surface area contributed by atoms with Crippen LogP contribution >= 0.6 is 11.6 Å². The Morgan fingerprint density at radius 2 is 1.75 bits per heavy atom. The van der Waals surface area contributed by atoms with E-state index in [0.717, 1.165) is 22.8 Å². The Hall–Kier alpha value is -3.32. The third-order valence-electron chi connectivity index (χ3n) is 4.21. The average Bonchev–Trinajstić information content (AvgIpc) is 3.13. The molecule has 2 aromatic heterocycles. The molecule has 0 saturated heterocycles. The van der Waals surface area contributed by atoms with Crippen LogP contribution in [0.3, 0.4) is 0 Å². The third-order valence-corrected chi connectivity index (χ3v) is 4.47. The predicted molar refractivity (Wildman–Crippen MR) is 109 cm³/mol. The molecule has 0 fully saturated rings. The van der Waals surface area contributed by atoms with Crippen molar-refractivity contribution >= 4 is 28.9 Å². The number of fused-ring (bicyclic) bond motifs is 1. The van der Waals surface area contributed by atoms with E-state index < -0.39 is 0 Å². The molecule has 2 aromatic carbocycles. The molecule has 0 aliphatic rings. The van der Waals surface area contributed by atoms with E-state index in [0.29, 0.717) is 28.1 Å². The van der Waals surface area contributed by atoms with Crippen LogP contribution in [-0.4, -0.2) is 33.8 Å². The van der Waals surface area contributed by atoms with E-state index in [-0.39, 0.29) is 0 Å². The van der Waals surface area contributed by atoms with Crippen molar-refractivity contribution in [1.29, 1.82) is 0 Å². The fourth-order valence-electron chi connectivity index (χ4n) is 2.84. The zero-order valence-electron chi connectivity index (χ0n) is 15.6. The molecule has 0 amide bonds. The molecular weight excluding hydrogens is 378 g/mol. The van der Waals surface area contributed by atoms with E-state index in [4.69, 9.17) is 21.1 Å². The van der Waals surface area contributed by atoms with Crippen LogP contribution in [0.25, 0.3) is 17.2 Å². The zero-order chi connectivity index (χ0) is 19.7. The lowest BCUT2D eigenvalue weighted by Gasteiger charge is -2.13. The topological polar surface area (TPSA) is 73.6 Å². The Balaban J connectivity index is 1.78. The maximum Gasteiger partial charge on any atom is 0.254 e. The van der Waals surface area contributed by atoms with Gasteiger partial charge in [-0.3, -0.25) is 0 Å². The van der Waals surface area contributed by atoms with Crippen molar-refractivity contribution in [2.75, 3.05) is 19.5 Å². The van der Waals surface area contributed by atoms with Gasteiger partial charge in [0.1, 0.15) is 17.3 Å². The fourth-order valence-corrected chi connectivity index (χ4v) is 2.96. The first-order chi connectivity index (χ1) is 13.6. The molecule has 0 aliphatic heterocycles. The Morgan fingerprint density at radius 1 is 0.964 bits per heavy atom. The highest BCUT2D eigenvalue weighted by Crippen LogP contribution is 2.32. The zero-order valence-corrected chi connectivity index (χ0v) is 16.4. The van der Waals surface area contributed by atoms with Crippen LogP contribution in [0.4, 0.5) is 11.5 Å². The van der Waals surface area contributed by atoms with Gasteiger partial charge >= 0.3 is 0 Å². The van der Waals surface area contributed by atoms with Crippen molar-refractivity contribution in [3.8, 4) is 22.9 Å². The SMILES string of the molecule is COc1ccc(Nc2cc(C)nc3nc(-c4ccc(Cl)cc4)nn23)c(OC)c1. The molecule has 0 unspecified atom stereocenters. The number of ether oxygens (including phenoxy) is 2. The summed E-state index contributed by atoms with van der Waals surface area (Å²) in [5.41, 5.74) is 2.46. The van der Waals surface area contributed by atoms with Crippen molar-refractivity contribution in [2.45, 2.75) is 6.92 Å². The lowest BCUT2D eigenvalue weighted by Crippen LogP contribution is -2.04. The minimum atomic E-state index is 0.500. The number of methoxy groups -OCH3 is 2. The summed E-state index contributed by atoms with van der Waals surface area (Å²) < 4.78 is 12.4. The van der Waals surface area contributed by atoms with Crippen molar-refractivity contribution < 1.29 is 9.47 Å². The summed E-state index contributed by atoms with van der Waals surface area (Å²) in [6, 6.07) is 14.8. The van der Waals surface area contributed by atoms with E-state index in [9.17, 15) is 0 Å². The number of anilines is 2. The molecule has 0 spiro atoms. The molecule has 2 heterocycles. The second kappa shape index (κ2) is 7.36. The van der Waals surface area contributed by atoms with Gasteiger partial charge in [0.05, 0.1) is 19.9 Å². The molecule has 142 valence electrons. The Morgan fingerprint density at radius 3 is 2.46 bits per heavy atom. The van der Waals surface area contributed by atoms with Gasteiger partial charge in [-0.2, -0.15) is 9.50 Å². The quantitative estimate of drug-likeness (QED) is 0.535. The van der Waals surface area contributed by atoms with Gasteiger partial charge in [0.2, 0.25) is 0 Å². The van der Waals surface area contributed by atoms with Crippen LogP contribution in [-0.2, 0) is 0 Å². The highest BCUT2D eigenvalue weighted by molar-refractivity contribution is 6.30. The summed E-state index contributed by atoms with van der Waals surface area (Å²) in [7, 11) is 3.23.